The molecule has 0 N–H and O–H groups in total. The number of benzene rings is 1. The van der Waals surface area contributed by atoms with Crippen LogP contribution in [0.3, 0.4) is 0 Å². The molecular formula is C16H17N3O4S2. The van der Waals surface area contributed by atoms with E-state index in [4.69, 9.17) is 0 Å². The second kappa shape index (κ2) is 5.92. The van der Waals surface area contributed by atoms with Crippen LogP contribution in [0.4, 0.5) is 0 Å². The van der Waals surface area contributed by atoms with Crippen molar-refractivity contribution in [2.24, 2.45) is 7.05 Å². The van der Waals surface area contributed by atoms with Gasteiger partial charge in [0.25, 0.3) is 5.56 Å². The fourth-order valence-corrected chi connectivity index (χ4v) is 4.05. The van der Waals surface area contributed by atoms with Gasteiger partial charge in [0.2, 0.25) is 0 Å². The third-order valence-corrected chi connectivity index (χ3v) is 6.68. The largest absolute Gasteiger partial charge is 0.335 e. The van der Waals surface area contributed by atoms with E-state index >= 15 is 0 Å². The number of aromatic nitrogens is 3. The molecule has 2 heterocycles. The number of aryl methyl sites for hydroxylation is 1. The Balaban J connectivity index is 2.30. The van der Waals surface area contributed by atoms with E-state index in [9.17, 15) is 18.0 Å². The predicted octanol–water partition coefficient (Wildman–Crippen LogP) is 1.56. The molecule has 0 saturated carbocycles. The van der Waals surface area contributed by atoms with Crippen molar-refractivity contribution >= 4 is 31.5 Å². The van der Waals surface area contributed by atoms with Gasteiger partial charge in [-0.05, 0) is 43.6 Å². The van der Waals surface area contributed by atoms with E-state index in [0.717, 1.165) is 15.5 Å². The molecule has 0 radical (unpaired) electrons. The SMILES string of the molecule is Cc1cc(=O)n(-c2ccc3snc(C(C)S(C)(=O)=O)c3c2)c(=O)n1C. The summed E-state index contributed by atoms with van der Waals surface area (Å²) in [5.41, 5.74) is 0.503. The lowest BCUT2D eigenvalue weighted by Gasteiger charge is -2.10. The molecule has 1 aromatic carbocycles. The topological polar surface area (TPSA) is 91.0 Å². The summed E-state index contributed by atoms with van der Waals surface area (Å²) in [5, 5.41) is -0.135. The standard InChI is InChI=1S/C16H17N3O4S2/c1-9-7-14(20)19(16(21)18(9)3)11-5-6-13-12(8-11)15(17-24-13)10(2)25(4,22)23/h5-8,10H,1-4H3. The second-order valence-electron chi connectivity index (χ2n) is 6.02. The Labute approximate surface area is 148 Å². The molecule has 0 amide bonds. The Morgan fingerprint density at radius 3 is 2.52 bits per heavy atom. The Morgan fingerprint density at radius 1 is 1.20 bits per heavy atom. The quantitative estimate of drug-likeness (QED) is 0.689. The van der Waals surface area contributed by atoms with Crippen LogP contribution in [0.1, 0.15) is 23.6 Å². The highest BCUT2D eigenvalue weighted by Gasteiger charge is 2.23. The molecule has 3 rings (SSSR count). The van der Waals surface area contributed by atoms with Crippen molar-refractivity contribution in [3.8, 4) is 5.69 Å². The van der Waals surface area contributed by atoms with Gasteiger partial charge < -0.3 is 4.57 Å². The van der Waals surface area contributed by atoms with Gasteiger partial charge in [0.1, 0.15) is 5.25 Å². The van der Waals surface area contributed by atoms with E-state index < -0.39 is 26.3 Å². The van der Waals surface area contributed by atoms with Gasteiger partial charge in [0.05, 0.1) is 16.1 Å². The summed E-state index contributed by atoms with van der Waals surface area (Å²) in [5.74, 6) is 0. The molecule has 0 spiro atoms. The molecule has 1 unspecified atom stereocenters. The maximum absolute atomic E-state index is 12.5. The van der Waals surface area contributed by atoms with Gasteiger partial charge in [0.15, 0.2) is 9.84 Å². The van der Waals surface area contributed by atoms with Crippen molar-refractivity contribution in [2.75, 3.05) is 6.26 Å². The third-order valence-electron chi connectivity index (χ3n) is 4.33. The zero-order valence-electron chi connectivity index (χ0n) is 14.2. The van der Waals surface area contributed by atoms with Crippen LogP contribution in [0.2, 0.25) is 0 Å². The van der Waals surface area contributed by atoms with Crippen LogP contribution in [-0.2, 0) is 16.9 Å². The molecule has 0 aliphatic rings. The van der Waals surface area contributed by atoms with Crippen LogP contribution in [-0.4, -0.2) is 28.2 Å². The Hall–Kier alpha value is -2.26. The average Bonchev–Trinajstić information content (AvgIpc) is 2.94. The molecule has 132 valence electrons. The van der Waals surface area contributed by atoms with Crippen molar-refractivity contribution in [1.82, 2.24) is 13.5 Å². The van der Waals surface area contributed by atoms with Crippen molar-refractivity contribution in [2.45, 2.75) is 19.1 Å². The smallest absolute Gasteiger partial charge is 0.301 e. The molecule has 3 aromatic rings. The molecule has 0 fully saturated rings. The summed E-state index contributed by atoms with van der Waals surface area (Å²) in [7, 11) is -1.72. The fourth-order valence-electron chi connectivity index (χ4n) is 2.55. The van der Waals surface area contributed by atoms with E-state index in [1.807, 2.05) is 0 Å². The molecule has 1 atom stereocenters. The van der Waals surface area contributed by atoms with E-state index in [2.05, 4.69) is 4.37 Å². The maximum Gasteiger partial charge on any atom is 0.335 e. The van der Waals surface area contributed by atoms with Crippen LogP contribution < -0.4 is 11.2 Å². The van der Waals surface area contributed by atoms with Crippen LogP contribution in [0, 0.1) is 6.92 Å². The third kappa shape index (κ3) is 2.93. The number of sulfone groups is 1. The van der Waals surface area contributed by atoms with Crippen molar-refractivity contribution < 1.29 is 8.42 Å². The summed E-state index contributed by atoms with van der Waals surface area (Å²) >= 11 is 1.19. The lowest BCUT2D eigenvalue weighted by Crippen LogP contribution is -2.38. The fraction of sp³-hybridized carbons (Fsp3) is 0.312. The number of hydrogen-bond donors (Lipinski definition) is 0. The summed E-state index contributed by atoms with van der Waals surface area (Å²) in [6, 6.07) is 6.44. The van der Waals surface area contributed by atoms with E-state index in [1.165, 1.54) is 22.2 Å². The van der Waals surface area contributed by atoms with E-state index in [0.29, 0.717) is 22.5 Å². The van der Waals surface area contributed by atoms with Gasteiger partial charge in [0, 0.05) is 30.4 Å². The van der Waals surface area contributed by atoms with Gasteiger partial charge in [-0.25, -0.2) is 17.8 Å². The summed E-state index contributed by atoms with van der Waals surface area (Å²) in [4.78, 5) is 24.8. The molecule has 0 aliphatic carbocycles. The predicted molar refractivity (Wildman–Crippen MR) is 98.5 cm³/mol. The van der Waals surface area contributed by atoms with Gasteiger partial charge in [-0.2, -0.15) is 4.37 Å². The van der Waals surface area contributed by atoms with Gasteiger partial charge in [-0.3, -0.25) is 4.79 Å². The number of hydrogen-bond acceptors (Lipinski definition) is 6. The average molecular weight is 379 g/mol. The first kappa shape index (κ1) is 17.6. The minimum Gasteiger partial charge on any atom is -0.301 e. The van der Waals surface area contributed by atoms with Crippen LogP contribution in [0.5, 0.6) is 0 Å². The maximum atomic E-state index is 12.5. The first-order chi connectivity index (χ1) is 11.6. The van der Waals surface area contributed by atoms with E-state index in [-0.39, 0.29) is 0 Å². The highest BCUT2D eigenvalue weighted by Crippen LogP contribution is 2.31. The Kier molecular flexibility index (Phi) is 4.16. The molecule has 0 bridgehead atoms. The molecule has 7 nitrogen and oxygen atoms in total. The first-order valence-corrected chi connectivity index (χ1v) is 10.2. The number of fused-ring (bicyclic) bond motifs is 1. The van der Waals surface area contributed by atoms with Crippen LogP contribution >= 0.6 is 11.5 Å². The lowest BCUT2D eigenvalue weighted by atomic mass is 10.1. The Morgan fingerprint density at radius 2 is 1.88 bits per heavy atom. The van der Waals surface area contributed by atoms with Crippen LogP contribution in [0.25, 0.3) is 15.8 Å². The van der Waals surface area contributed by atoms with Crippen molar-refractivity contribution in [3.63, 3.8) is 0 Å². The molecular weight excluding hydrogens is 362 g/mol. The van der Waals surface area contributed by atoms with Crippen LogP contribution in [0.15, 0.2) is 33.9 Å². The first-order valence-electron chi connectivity index (χ1n) is 7.49. The summed E-state index contributed by atoms with van der Waals surface area (Å²) in [6.07, 6.45) is 1.16. The van der Waals surface area contributed by atoms with Crippen molar-refractivity contribution in [1.29, 1.82) is 0 Å². The minimum absolute atomic E-state index is 0.389. The monoisotopic (exact) mass is 379 g/mol. The molecule has 9 heteroatoms. The normalized spacial score (nSPS) is 13.3. The zero-order chi connectivity index (χ0) is 18.5. The zero-order valence-corrected chi connectivity index (χ0v) is 15.8. The lowest BCUT2D eigenvalue weighted by molar-refractivity contribution is 0.592. The second-order valence-corrected chi connectivity index (χ2v) is 9.19. The number of rotatable bonds is 3. The van der Waals surface area contributed by atoms with E-state index in [1.54, 1.807) is 39.1 Å². The Bertz CT molecular complexity index is 1200. The van der Waals surface area contributed by atoms with Gasteiger partial charge in [-0.1, -0.05) is 0 Å². The molecule has 2 aromatic heterocycles. The molecule has 0 saturated heterocycles. The van der Waals surface area contributed by atoms with Gasteiger partial charge in [-0.15, -0.1) is 0 Å². The van der Waals surface area contributed by atoms with Crippen molar-refractivity contribution in [3.05, 3.63) is 56.5 Å². The summed E-state index contributed by atoms with van der Waals surface area (Å²) < 4.78 is 31.3. The summed E-state index contributed by atoms with van der Waals surface area (Å²) in [6.45, 7) is 3.26. The highest BCUT2D eigenvalue weighted by molar-refractivity contribution is 7.90. The highest BCUT2D eigenvalue weighted by atomic mass is 32.2. The van der Waals surface area contributed by atoms with Gasteiger partial charge >= 0.3 is 5.69 Å². The molecule has 25 heavy (non-hydrogen) atoms. The minimum atomic E-state index is -3.31. The molecule has 0 aliphatic heterocycles. The number of nitrogens with zero attached hydrogens (tertiary/aromatic N) is 3.